The third kappa shape index (κ3) is 2.93. The molecule has 0 fully saturated rings. The number of ether oxygens (including phenoxy) is 3. The van der Waals surface area contributed by atoms with Gasteiger partial charge < -0.3 is 19.1 Å². The van der Waals surface area contributed by atoms with Crippen molar-refractivity contribution in [3.63, 3.8) is 0 Å². The highest BCUT2D eigenvalue weighted by Crippen LogP contribution is 2.32. The van der Waals surface area contributed by atoms with E-state index in [0.29, 0.717) is 10.7 Å². The van der Waals surface area contributed by atoms with E-state index in [1.807, 2.05) is 6.92 Å². The molecule has 0 atom stereocenters. The van der Waals surface area contributed by atoms with Crippen LogP contribution in [-0.4, -0.2) is 39.5 Å². The van der Waals surface area contributed by atoms with Gasteiger partial charge in [-0.1, -0.05) is 17.7 Å². The van der Waals surface area contributed by atoms with Gasteiger partial charge in [-0.2, -0.15) is 0 Å². The van der Waals surface area contributed by atoms with E-state index in [-0.39, 0.29) is 24.6 Å². The van der Waals surface area contributed by atoms with E-state index in [9.17, 15) is 9.59 Å². The molecule has 22 heavy (non-hydrogen) atoms. The van der Waals surface area contributed by atoms with Crippen LogP contribution in [-0.2, 0) is 23.8 Å². The fourth-order valence-electron chi connectivity index (χ4n) is 2.22. The van der Waals surface area contributed by atoms with Crippen LogP contribution in [0.5, 0.6) is 0 Å². The number of carbonyl (C=O) groups is 2. The third-order valence-corrected chi connectivity index (χ3v) is 3.77. The van der Waals surface area contributed by atoms with Gasteiger partial charge >= 0.3 is 11.9 Å². The number of benzene rings is 1. The lowest BCUT2D eigenvalue weighted by Gasteiger charge is -2.32. The van der Waals surface area contributed by atoms with Crippen LogP contribution >= 0.6 is 11.6 Å². The number of methoxy groups -OCH3 is 2. The molecule has 1 aromatic rings. The largest absolute Gasteiger partial charge is 0.466 e. The second-order valence-electron chi connectivity index (χ2n) is 4.60. The number of halogens is 1. The Morgan fingerprint density at radius 1 is 1.23 bits per heavy atom. The zero-order valence-corrected chi connectivity index (χ0v) is 13.3. The summed E-state index contributed by atoms with van der Waals surface area (Å²) in [6.45, 7) is 1.90. The lowest BCUT2D eigenvalue weighted by Crippen LogP contribution is -2.39. The standard InChI is InChI=1S/C15H16ClNO5/c1-9-11(16)5-4-6-12(9)17-8-22-7-10(14(18)20-2)13(17)15(19)21-3/h4-6H,7-8H2,1-3H3. The number of anilines is 1. The number of carbonyl (C=O) groups excluding carboxylic acids is 2. The van der Waals surface area contributed by atoms with E-state index in [4.69, 9.17) is 25.8 Å². The summed E-state index contributed by atoms with van der Waals surface area (Å²) in [5, 5.41) is 0.548. The molecule has 0 amide bonds. The van der Waals surface area contributed by atoms with Gasteiger partial charge in [0.1, 0.15) is 12.4 Å². The quantitative estimate of drug-likeness (QED) is 0.792. The van der Waals surface area contributed by atoms with Crippen LogP contribution in [0, 0.1) is 6.92 Å². The maximum atomic E-state index is 12.2. The molecule has 2 rings (SSSR count). The molecule has 0 saturated carbocycles. The molecule has 118 valence electrons. The Kier molecular flexibility index (Phi) is 5.05. The summed E-state index contributed by atoms with van der Waals surface area (Å²) >= 11 is 6.13. The zero-order chi connectivity index (χ0) is 16.3. The van der Waals surface area contributed by atoms with Crippen molar-refractivity contribution in [1.82, 2.24) is 0 Å². The van der Waals surface area contributed by atoms with Crippen molar-refractivity contribution in [3.8, 4) is 0 Å². The highest BCUT2D eigenvalue weighted by Gasteiger charge is 2.33. The van der Waals surface area contributed by atoms with E-state index in [1.165, 1.54) is 14.2 Å². The Labute approximate surface area is 133 Å². The van der Waals surface area contributed by atoms with E-state index in [1.54, 1.807) is 23.1 Å². The van der Waals surface area contributed by atoms with E-state index < -0.39 is 11.9 Å². The summed E-state index contributed by atoms with van der Waals surface area (Å²) in [7, 11) is 2.50. The van der Waals surface area contributed by atoms with Gasteiger partial charge in [0.05, 0.1) is 26.4 Å². The van der Waals surface area contributed by atoms with Gasteiger partial charge in [-0.25, -0.2) is 9.59 Å². The van der Waals surface area contributed by atoms with Crippen LogP contribution in [0.15, 0.2) is 29.5 Å². The molecule has 0 unspecified atom stereocenters. The van der Waals surface area contributed by atoms with Crippen LogP contribution in [0.3, 0.4) is 0 Å². The van der Waals surface area contributed by atoms with Crippen molar-refractivity contribution < 1.29 is 23.8 Å². The molecule has 0 bridgehead atoms. The molecule has 0 aliphatic carbocycles. The van der Waals surface area contributed by atoms with Crippen LogP contribution in [0.4, 0.5) is 5.69 Å². The number of hydrogen-bond acceptors (Lipinski definition) is 6. The Balaban J connectivity index is 2.60. The average Bonchev–Trinajstić information content (AvgIpc) is 2.55. The fraction of sp³-hybridized carbons (Fsp3) is 0.333. The molecule has 1 aliphatic heterocycles. The Hall–Kier alpha value is -2.05. The van der Waals surface area contributed by atoms with Gasteiger partial charge in [-0.05, 0) is 24.6 Å². The van der Waals surface area contributed by atoms with Crippen molar-refractivity contribution in [1.29, 1.82) is 0 Å². The first kappa shape index (κ1) is 16.3. The van der Waals surface area contributed by atoms with Crippen molar-refractivity contribution in [2.45, 2.75) is 6.92 Å². The molecule has 1 aromatic carbocycles. The highest BCUT2D eigenvalue weighted by atomic mass is 35.5. The molecule has 0 aromatic heterocycles. The Morgan fingerprint density at radius 2 is 1.91 bits per heavy atom. The summed E-state index contributed by atoms with van der Waals surface area (Å²) in [5.74, 6) is -1.27. The summed E-state index contributed by atoms with van der Waals surface area (Å²) in [6, 6.07) is 5.29. The lowest BCUT2D eigenvalue weighted by atomic mass is 10.1. The van der Waals surface area contributed by atoms with Crippen molar-refractivity contribution in [2.24, 2.45) is 0 Å². The predicted octanol–water partition coefficient (Wildman–Crippen LogP) is 2.04. The Bertz CT molecular complexity index is 641. The summed E-state index contributed by atoms with van der Waals surface area (Å²) in [6.07, 6.45) is 0. The predicted molar refractivity (Wildman–Crippen MR) is 80.5 cm³/mol. The van der Waals surface area contributed by atoms with E-state index >= 15 is 0 Å². The summed E-state index contributed by atoms with van der Waals surface area (Å²) in [5.41, 5.74) is 1.64. The number of hydrogen-bond donors (Lipinski definition) is 0. The molecule has 1 aliphatic rings. The smallest absolute Gasteiger partial charge is 0.355 e. The zero-order valence-electron chi connectivity index (χ0n) is 12.5. The van der Waals surface area contributed by atoms with Gasteiger partial charge in [0.2, 0.25) is 0 Å². The molecule has 1 heterocycles. The molecular formula is C15H16ClNO5. The van der Waals surface area contributed by atoms with Crippen molar-refractivity contribution >= 4 is 29.2 Å². The normalized spacial score (nSPS) is 14.8. The fourth-order valence-corrected chi connectivity index (χ4v) is 2.39. The van der Waals surface area contributed by atoms with Crippen molar-refractivity contribution in [2.75, 3.05) is 32.5 Å². The molecule has 0 saturated heterocycles. The van der Waals surface area contributed by atoms with E-state index in [2.05, 4.69) is 0 Å². The van der Waals surface area contributed by atoms with Gasteiger partial charge in [0, 0.05) is 10.7 Å². The number of rotatable bonds is 3. The minimum absolute atomic E-state index is 0.0206. The first-order valence-electron chi connectivity index (χ1n) is 6.51. The molecule has 0 N–H and O–H groups in total. The van der Waals surface area contributed by atoms with Gasteiger partial charge in [-0.15, -0.1) is 0 Å². The first-order valence-corrected chi connectivity index (χ1v) is 6.89. The highest BCUT2D eigenvalue weighted by molar-refractivity contribution is 6.31. The monoisotopic (exact) mass is 325 g/mol. The maximum absolute atomic E-state index is 12.2. The van der Waals surface area contributed by atoms with Gasteiger partial charge in [0.25, 0.3) is 0 Å². The Morgan fingerprint density at radius 3 is 2.55 bits per heavy atom. The van der Waals surface area contributed by atoms with E-state index in [0.717, 1.165) is 5.56 Å². The molecular weight excluding hydrogens is 310 g/mol. The second-order valence-corrected chi connectivity index (χ2v) is 5.01. The summed E-state index contributed by atoms with van der Waals surface area (Å²) < 4.78 is 14.9. The topological polar surface area (TPSA) is 65.1 Å². The first-order chi connectivity index (χ1) is 10.5. The third-order valence-electron chi connectivity index (χ3n) is 3.36. The molecule has 7 heteroatoms. The lowest BCUT2D eigenvalue weighted by molar-refractivity contribution is -0.140. The van der Waals surface area contributed by atoms with Crippen LogP contribution in [0.2, 0.25) is 5.02 Å². The van der Waals surface area contributed by atoms with Crippen LogP contribution in [0.1, 0.15) is 5.56 Å². The summed E-state index contributed by atoms with van der Waals surface area (Å²) in [4.78, 5) is 25.6. The molecule has 0 spiro atoms. The second kappa shape index (κ2) is 6.81. The van der Waals surface area contributed by atoms with Gasteiger partial charge in [-0.3, -0.25) is 0 Å². The van der Waals surface area contributed by atoms with Crippen LogP contribution in [0.25, 0.3) is 0 Å². The minimum Gasteiger partial charge on any atom is -0.466 e. The SMILES string of the molecule is COC(=O)C1=C(C(=O)OC)N(c2cccc(Cl)c2C)COC1. The molecule has 0 radical (unpaired) electrons. The number of esters is 2. The van der Waals surface area contributed by atoms with Gasteiger partial charge in [0.15, 0.2) is 0 Å². The number of nitrogens with zero attached hydrogens (tertiary/aromatic N) is 1. The van der Waals surface area contributed by atoms with Crippen LogP contribution < -0.4 is 4.90 Å². The maximum Gasteiger partial charge on any atom is 0.355 e. The van der Waals surface area contributed by atoms with Crippen molar-refractivity contribution in [3.05, 3.63) is 40.1 Å². The average molecular weight is 326 g/mol. The molecule has 6 nitrogen and oxygen atoms in total. The minimum atomic E-state index is -0.636.